The average molecular weight is 429 g/mol. The van der Waals surface area contributed by atoms with Gasteiger partial charge in [0.25, 0.3) is 0 Å². The molecular weight excluding hydrogens is 400 g/mol. The molecule has 7 heteroatoms. The first-order valence-corrected chi connectivity index (χ1v) is 11.1. The van der Waals surface area contributed by atoms with E-state index < -0.39 is 0 Å². The minimum Gasteiger partial charge on any atom is -0.385 e. The molecule has 1 amide bonds. The van der Waals surface area contributed by atoms with Gasteiger partial charge in [0.2, 0.25) is 5.91 Å². The Labute approximate surface area is 182 Å². The highest BCUT2D eigenvalue weighted by Crippen LogP contribution is 2.32. The summed E-state index contributed by atoms with van der Waals surface area (Å²) in [7, 11) is 0. The molecule has 2 aliphatic rings. The summed E-state index contributed by atoms with van der Waals surface area (Å²) in [6.45, 7) is 2.63. The van der Waals surface area contributed by atoms with Gasteiger partial charge in [-0.25, -0.2) is 4.98 Å². The van der Waals surface area contributed by atoms with Crippen LogP contribution in [0.5, 0.6) is 0 Å². The van der Waals surface area contributed by atoms with Gasteiger partial charge in [-0.15, -0.1) is 0 Å². The fourth-order valence-electron chi connectivity index (χ4n) is 4.22. The number of carbonyl (C=O) groups excluding carboxylic acids is 1. The van der Waals surface area contributed by atoms with E-state index in [1.54, 1.807) is 6.20 Å². The number of amides is 1. The quantitative estimate of drug-likeness (QED) is 0.638. The van der Waals surface area contributed by atoms with Crippen LogP contribution in [0.1, 0.15) is 32.1 Å². The Morgan fingerprint density at radius 1 is 1.20 bits per heavy atom. The first kappa shape index (κ1) is 21.1. The first-order valence-electron chi connectivity index (χ1n) is 10.7. The molecule has 30 heavy (non-hydrogen) atoms. The molecule has 6 nitrogen and oxygen atoms in total. The fourth-order valence-corrected chi connectivity index (χ4v) is 4.43. The molecule has 2 aromatic rings. The molecular formula is C23H29ClN4O2. The van der Waals surface area contributed by atoms with Crippen LogP contribution < -0.4 is 16.4 Å². The molecule has 1 aromatic carbocycles. The molecule has 0 radical (unpaired) electrons. The van der Waals surface area contributed by atoms with Crippen LogP contribution in [0, 0.1) is 11.8 Å². The smallest absolute Gasteiger partial charge is 0.228 e. The standard InChI is InChI=1S/C23H29ClN4O2/c24-21-14-27-22(28-23(29)17-4-5-18(25)10-17)12-20(21)16-2-1-3-19(11-16)26-13-15-6-8-30-9-7-15/h1-3,11-12,14-15,17-18,26H,4-10,13,25H2,(H,27,28,29)/t17-,18+/m1/s1. The van der Waals surface area contributed by atoms with E-state index in [9.17, 15) is 4.79 Å². The van der Waals surface area contributed by atoms with Gasteiger partial charge in [0.15, 0.2) is 0 Å². The van der Waals surface area contributed by atoms with Gasteiger partial charge in [0, 0.05) is 49.2 Å². The van der Waals surface area contributed by atoms with Gasteiger partial charge in [-0.2, -0.15) is 0 Å². The summed E-state index contributed by atoms with van der Waals surface area (Å²) in [5, 5.41) is 7.02. The molecule has 1 aromatic heterocycles. The number of nitrogens with one attached hydrogen (secondary N) is 2. The predicted molar refractivity (Wildman–Crippen MR) is 121 cm³/mol. The highest BCUT2D eigenvalue weighted by molar-refractivity contribution is 6.33. The number of pyridine rings is 1. The van der Waals surface area contributed by atoms with E-state index in [0.717, 1.165) is 68.7 Å². The predicted octanol–water partition coefficient (Wildman–Crippen LogP) is 4.31. The van der Waals surface area contributed by atoms with E-state index in [1.807, 2.05) is 18.2 Å². The number of halogens is 1. The van der Waals surface area contributed by atoms with Gasteiger partial charge in [-0.05, 0) is 61.8 Å². The second-order valence-corrected chi connectivity index (χ2v) is 8.73. The lowest BCUT2D eigenvalue weighted by Crippen LogP contribution is -2.23. The van der Waals surface area contributed by atoms with Crippen molar-refractivity contribution in [2.45, 2.75) is 38.1 Å². The maximum atomic E-state index is 12.5. The zero-order chi connectivity index (χ0) is 20.9. The third kappa shape index (κ3) is 5.31. The number of rotatable bonds is 6. The summed E-state index contributed by atoms with van der Waals surface area (Å²) >= 11 is 6.44. The van der Waals surface area contributed by atoms with Crippen molar-refractivity contribution in [2.75, 3.05) is 30.4 Å². The van der Waals surface area contributed by atoms with Gasteiger partial charge in [0.1, 0.15) is 5.82 Å². The molecule has 4 rings (SSSR count). The van der Waals surface area contributed by atoms with Crippen molar-refractivity contribution >= 4 is 29.0 Å². The van der Waals surface area contributed by atoms with Crippen LogP contribution in [0.15, 0.2) is 36.5 Å². The van der Waals surface area contributed by atoms with Gasteiger partial charge in [0.05, 0.1) is 5.02 Å². The van der Waals surface area contributed by atoms with E-state index in [1.165, 1.54) is 0 Å². The number of hydrogen-bond acceptors (Lipinski definition) is 5. The van der Waals surface area contributed by atoms with Crippen molar-refractivity contribution in [3.63, 3.8) is 0 Å². The molecule has 0 bridgehead atoms. The lowest BCUT2D eigenvalue weighted by Gasteiger charge is -2.22. The van der Waals surface area contributed by atoms with Crippen LogP contribution >= 0.6 is 11.6 Å². The molecule has 1 saturated heterocycles. The largest absolute Gasteiger partial charge is 0.385 e. The molecule has 0 spiro atoms. The van der Waals surface area contributed by atoms with Gasteiger partial charge < -0.3 is 21.1 Å². The minimum absolute atomic E-state index is 0.0180. The van der Waals surface area contributed by atoms with Crippen LogP contribution in [0.25, 0.3) is 11.1 Å². The second kappa shape index (κ2) is 9.77. The van der Waals surface area contributed by atoms with Crippen LogP contribution in [0.4, 0.5) is 11.5 Å². The molecule has 1 saturated carbocycles. The maximum absolute atomic E-state index is 12.5. The molecule has 4 N–H and O–H groups in total. The second-order valence-electron chi connectivity index (χ2n) is 8.33. The Balaban J connectivity index is 1.45. The highest BCUT2D eigenvalue weighted by atomic mass is 35.5. The number of carbonyl (C=O) groups is 1. The van der Waals surface area contributed by atoms with Gasteiger partial charge >= 0.3 is 0 Å². The summed E-state index contributed by atoms with van der Waals surface area (Å²) in [4.78, 5) is 16.8. The van der Waals surface area contributed by atoms with E-state index in [2.05, 4.69) is 27.8 Å². The molecule has 2 fully saturated rings. The Morgan fingerprint density at radius 2 is 2.03 bits per heavy atom. The first-order chi connectivity index (χ1) is 14.6. The van der Waals surface area contributed by atoms with E-state index in [-0.39, 0.29) is 17.9 Å². The zero-order valence-corrected chi connectivity index (χ0v) is 17.8. The summed E-state index contributed by atoms with van der Waals surface area (Å²) in [6, 6.07) is 10.1. The Morgan fingerprint density at radius 3 is 2.80 bits per heavy atom. The van der Waals surface area contributed by atoms with Crippen LogP contribution in [0.3, 0.4) is 0 Å². The summed E-state index contributed by atoms with van der Waals surface area (Å²) < 4.78 is 5.43. The molecule has 0 unspecified atom stereocenters. The van der Waals surface area contributed by atoms with Crippen molar-refractivity contribution in [1.82, 2.24) is 4.98 Å². The molecule has 2 atom stereocenters. The maximum Gasteiger partial charge on any atom is 0.228 e. The van der Waals surface area contributed by atoms with Crippen LogP contribution in [-0.4, -0.2) is 36.7 Å². The van der Waals surface area contributed by atoms with Gasteiger partial charge in [-0.3, -0.25) is 4.79 Å². The van der Waals surface area contributed by atoms with Gasteiger partial charge in [-0.1, -0.05) is 23.7 Å². The fraction of sp³-hybridized carbons (Fsp3) is 0.478. The summed E-state index contributed by atoms with van der Waals surface area (Å²) in [6.07, 6.45) is 6.23. The number of nitrogens with two attached hydrogens (primary N) is 1. The zero-order valence-electron chi connectivity index (χ0n) is 17.1. The number of anilines is 2. The highest BCUT2D eigenvalue weighted by Gasteiger charge is 2.28. The van der Waals surface area contributed by atoms with Crippen molar-refractivity contribution in [3.05, 3.63) is 41.6 Å². The summed E-state index contributed by atoms with van der Waals surface area (Å²) in [5.41, 5.74) is 8.82. The van der Waals surface area contributed by atoms with E-state index in [4.69, 9.17) is 22.1 Å². The SMILES string of the molecule is N[C@H]1CC[C@@H](C(=O)Nc2cc(-c3cccc(NCC4CCOCC4)c3)c(Cl)cn2)C1. The summed E-state index contributed by atoms with van der Waals surface area (Å²) in [5.74, 6) is 1.09. The van der Waals surface area contributed by atoms with E-state index >= 15 is 0 Å². The number of ether oxygens (including phenoxy) is 1. The number of hydrogen-bond donors (Lipinski definition) is 3. The number of aromatic nitrogens is 1. The van der Waals surface area contributed by atoms with E-state index in [0.29, 0.717) is 16.8 Å². The number of nitrogens with zero attached hydrogens (tertiary/aromatic N) is 1. The third-order valence-corrected chi connectivity index (χ3v) is 6.36. The Hall–Kier alpha value is -2.15. The Bertz CT molecular complexity index is 885. The monoisotopic (exact) mass is 428 g/mol. The van der Waals surface area contributed by atoms with Crippen molar-refractivity contribution in [1.29, 1.82) is 0 Å². The number of benzene rings is 1. The molecule has 160 valence electrons. The van der Waals surface area contributed by atoms with Crippen molar-refractivity contribution in [3.8, 4) is 11.1 Å². The molecule has 2 heterocycles. The minimum atomic E-state index is -0.0429. The normalized spacial score (nSPS) is 22.1. The Kier molecular flexibility index (Phi) is 6.87. The van der Waals surface area contributed by atoms with Crippen LogP contribution in [-0.2, 0) is 9.53 Å². The average Bonchev–Trinajstić information content (AvgIpc) is 3.21. The lowest BCUT2D eigenvalue weighted by molar-refractivity contribution is -0.119. The van der Waals surface area contributed by atoms with Crippen molar-refractivity contribution < 1.29 is 9.53 Å². The lowest BCUT2D eigenvalue weighted by atomic mass is 10.00. The molecule has 1 aliphatic heterocycles. The topological polar surface area (TPSA) is 89.3 Å². The van der Waals surface area contributed by atoms with Crippen molar-refractivity contribution in [2.24, 2.45) is 17.6 Å². The molecule has 1 aliphatic carbocycles. The van der Waals surface area contributed by atoms with Crippen LogP contribution in [0.2, 0.25) is 5.02 Å². The third-order valence-electron chi connectivity index (χ3n) is 6.06.